The van der Waals surface area contributed by atoms with Gasteiger partial charge in [-0.25, -0.2) is 0 Å². The maximum Gasteiger partial charge on any atom is 0.0115 e. The van der Waals surface area contributed by atoms with Gasteiger partial charge in [-0.15, -0.1) is 0 Å². The number of hydrogen-bond donors (Lipinski definition) is 1. The zero-order valence-electron chi connectivity index (χ0n) is 9.44. The third kappa shape index (κ3) is 6.21. The number of hydrogen-bond acceptors (Lipinski definition) is 1. The molecule has 13 heavy (non-hydrogen) atoms. The van der Waals surface area contributed by atoms with Gasteiger partial charge in [0.25, 0.3) is 0 Å². The summed E-state index contributed by atoms with van der Waals surface area (Å²) in [6, 6.07) is 0. The summed E-state index contributed by atoms with van der Waals surface area (Å²) in [5.74, 6) is 0. The first-order chi connectivity index (χ1) is 6.10. The van der Waals surface area contributed by atoms with Crippen LogP contribution in [0.15, 0.2) is 35.1 Å². The van der Waals surface area contributed by atoms with E-state index < -0.39 is 0 Å². The molecule has 1 heteroatoms. The van der Waals surface area contributed by atoms with Gasteiger partial charge in [-0.3, -0.25) is 0 Å². The Hall–Kier alpha value is -0.980. The van der Waals surface area contributed by atoms with Crippen molar-refractivity contribution in [1.82, 2.24) is 5.32 Å². The first-order valence-electron chi connectivity index (χ1n) is 4.83. The summed E-state index contributed by atoms with van der Waals surface area (Å²) in [5.41, 5.74) is 3.81. The average molecular weight is 179 g/mol. The predicted octanol–water partition coefficient (Wildman–Crippen LogP) is 3.41. The van der Waals surface area contributed by atoms with Crippen LogP contribution in [0.4, 0.5) is 0 Å². The zero-order chi connectivity index (χ0) is 10.3. The molecule has 0 heterocycles. The summed E-state index contributed by atoms with van der Waals surface area (Å²) in [6.45, 7) is 11.5. The summed E-state index contributed by atoms with van der Waals surface area (Å²) in [4.78, 5) is 0. The third-order valence-electron chi connectivity index (χ3n) is 1.81. The topological polar surface area (TPSA) is 12.0 Å². The highest BCUT2D eigenvalue weighted by molar-refractivity contribution is 5.28. The summed E-state index contributed by atoms with van der Waals surface area (Å²) in [7, 11) is 0. The van der Waals surface area contributed by atoms with E-state index in [-0.39, 0.29) is 0 Å². The van der Waals surface area contributed by atoms with Gasteiger partial charge < -0.3 is 5.32 Å². The Balaban J connectivity index is 4.35. The van der Waals surface area contributed by atoms with Crippen LogP contribution in [-0.4, -0.2) is 6.54 Å². The second-order valence-electron chi connectivity index (χ2n) is 3.28. The highest BCUT2D eigenvalue weighted by atomic mass is 14.9. The molecule has 0 aliphatic rings. The van der Waals surface area contributed by atoms with Crippen molar-refractivity contribution in [3.05, 3.63) is 35.1 Å². The largest absolute Gasteiger partial charge is 0.389 e. The molecule has 74 valence electrons. The second kappa shape index (κ2) is 6.53. The van der Waals surface area contributed by atoms with Gasteiger partial charge in [-0.05, 0) is 46.3 Å². The molecule has 0 amide bonds. The molecule has 0 spiro atoms. The Morgan fingerprint density at radius 2 is 1.69 bits per heavy atom. The first-order valence-corrected chi connectivity index (χ1v) is 4.83. The van der Waals surface area contributed by atoms with Gasteiger partial charge >= 0.3 is 0 Å². The summed E-state index contributed by atoms with van der Waals surface area (Å²) in [6.07, 6.45) is 6.46. The molecule has 0 aliphatic heterocycles. The third-order valence-corrected chi connectivity index (χ3v) is 1.81. The van der Waals surface area contributed by atoms with Crippen molar-refractivity contribution < 1.29 is 0 Å². The standard InChI is InChI=1S/C12H21N/c1-6-10(3)8-11(4)9-12(5)13-7-2/h6,8-9,13H,7H2,1-5H3/b10-6-,11-8-,12-9+. The van der Waals surface area contributed by atoms with E-state index in [4.69, 9.17) is 0 Å². The Bertz CT molecular complexity index is 232. The van der Waals surface area contributed by atoms with Crippen LogP contribution in [0.25, 0.3) is 0 Å². The van der Waals surface area contributed by atoms with Crippen molar-refractivity contribution in [2.75, 3.05) is 6.54 Å². The van der Waals surface area contributed by atoms with Crippen molar-refractivity contribution in [3.63, 3.8) is 0 Å². The fourth-order valence-corrected chi connectivity index (χ4v) is 1.16. The lowest BCUT2D eigenvalue weighted by Gasteiger charge is -2.02. The van der Waals surface area contributed by atoms with Gasteiger partial charge in [0.15, 0.2) is 0 Å². The average Bonchev–Trinajstić information content (AvgIpc) is 2.04. The van der Waals surface area contributed by atoms with E-state index in [1.807, 2.05) is 0 Å². The molecule has 0 unspecified atom stereocenters. The molecule has 0 aliphatic carbocycles. The van der Waals surface area contributed by atoms with Gasteiger partial charge in [-0.2, -0.15) is 0 Å². The zero-order valence-corrected chi connectivity index (χ0v) is 9.44. The van der Waals surface area contributed by atoms with E-state index in [9.17, 15) is 0 Å². The molecule has 1 N–H and O–H groups in total. The summed E-state index contributed by atoms with van der Waals surface area (Å²) in [5, 5.41) is 3.27. The van der Waals surface area contributed by atoms with E-state index in [1.54, 1.807) is 0 Å². The maximum absolute atomic E-state index is 3.27. The van der Waals surface area contributed by atoms with Crippen LogP contribution in [0.3, 0.4) is 0 Å². The van der Waals surface area contributed by atoms with Crippen LogP contribution < -0.4 is 5.32 Å². The minimum absolute atomic E-state index is 0.984. The lowest BCUT2D eigenvalue weighted by molar-refractivity contribution is 0.853. The normalized spacial score (nSPS) is 14.7. The molecule has 1 nitrogen and oxygen atoms in total. The van der Waals surface area contributed by atoms with Crippen molar-refractivity contribution in [3.8, 4) is 0 Å². The molecule has 0 bridgehead atoms. The van der Waals surface area contributed by atoms with E-state index in [0.717, 1.165) is 6.54 Å². The Morgan fingerprint density at radius 1 is 1.08 bits per heavy atom. The molecule has 0 aromatic heterocycles. The van der Waals surface area contributed by atoms with Crippen LogP contribution >= 0.6 is 0 Å². The highest BCUT2D eigenvalue weighted by Crippen LogP contribution is 2.04. The molecule has 0 radical (unpaired) electrons. The maximum atomic E-state index is 3.27. The molecule has 0 atom stereocenters. The molecular weight excluding hydrogens is 158 g/mol. The van der Waals surface area contributed by atoms with Gasteiger partial charge in [0.1, 0.15) is 0 Å². The van der Waals surface area contributed by atoms with Crippen LogP contribution in [0.1, 0.15) is 34.6 Å². The van der Waals surface area contributed by atoms with Crippen LogP contribution in [0, 0.1) is 0 Å². The molecule has 0 aromatic carbocycles. The van der Waals surface area contributed by atoms with E-state index in [1.165, 1.54) is 16.8 Å². The molecule has 0 rings (SSSR count). The van der Waals surface area contributed by atoms with Crippen LogP contribution in [0.5, 0.6) is 0 Å². The Labute approximate surface area is 82.2 Å². The Kier molecular flexibility index (Phi) is 6.03. The molecular formula is C12H21N. The quantitative estimate of drug-likeness (QED) is 0.652. The van der Waals surface area contributed by atoms with E-state index in [2.05, 4.69) is 58.2 Å². The fourth-order valence-electron chi connectivity index (χ4n) is 1.16. The summed E-state index contributed by atoms with van der Waals surface area (Å²) < 4.78 is 0. The molecule has 0 aromatic rings. The van der Waals surface area contributed by atoms with Gasteiger partial charge in [0.05, 0.1) is 0 Å². The van der Waals surface area contributed by atoms with Crippen molar-refractivity contribution in [1.29, 1.82) is 0 Å². The van der Waals surface area contributed by atoms with Crippen LogP contribution in [0.2, 0.25) is 0 Å². The molecule has 0 fully saturated rings. The monoisotopic (exact) mass is 179 g/mol. The fraction of sp³-hybridized carbons (Fsp3) is 0.500. The summed E-state index contributed by atoms with van der Waals surface area (Å²) >= 11 is 0. The number of nitrogens with one attached hydrogen (secondary N) is 1. The second-order valence-corrected chi connectivity index (χ2v) is 3.28. The van der Waals surface area contributed by atoms with E-state index in [0.29, 0.717) is 0 Å². The van der Waals surface area contributed by atoms with Gasteiger partial charge in [0, 0.05) is 12.2 Å². The lowest BCUT2D eigenvalue weighted by atomic mass is 10.1. The van der Waals surface area contributed by atoms with Crippen molar-refractivity contribution in [2.45, 2.75) is 34.6 Å². The molecule has 0 saturated carbocycles. The lowest BCUT2D eigenvalue weighted by Crippen LogP contribution is -2.08. The number of allylic oxidation sites excluding steroid dienone is 6. The van der Waals surface area contributed by atoms with E-state index >= 15 is 0 Å². The van der Waals surface area contributed by atoms with Crippen molar-refractivity contribution in [2.24, 2.45) is 0 Å². The minimum atomic E-state index is 0.984. The van der Waals surface area contributed by atoms with Crippen molar-refractivity contribution >= 4 is 0 Å². The predicted molar refractivity (Wildman–Crippen MR) is 60.6 cm³/mol. The first kappa shape index (κ1) is 12.0. The Morgan fingerprint density at radius 3 is 2.15 bits per heavy atom. The number of rotatable bonds is 4. The highest BCUT2D eigenvalue weighted by Gasteiger charge is 1.87. The van der Waals surface area contributed by atoms with Gasteiger partial charge in [-0.1, -0.05) is 17.7 Å². The van der Waals surface area contributed by atoms with Crippen LogP contribution in [-0.2, 0) is 0 Å². The molecule has 0 saturated heterocycles. The smallest absolute Gasteiger partial charge is 0.0115 e. The SMILES string of the molecule is C\C=C(C)/C=C(C)\C=C(/C)NCC. The van der Waals surface area contributed by atoms with Gasteiger partial charge in [0.2, 0.25) is 0 Å². The minimum Gasteiger partial charge on any atom is -0.389 e.